The number of amides is 1. The summed E-state index contributed by atoms with van der Waals surface area (Å²) in [5.74, 6) is -0.126. The van der Waals surface area contributed by atoms with Gasteiger partial charge >= 0.3 is 0 Å². The van der Waals surface area contributed by atoms with Crippen LogP contribution in [0.3, 0.4) is 0 Å². The molecule has 7 nitrogen and oxygen atoms in total. The van der Waals surface area contributed by atoms with Crippen LogP contribution in [0.1, 0.15) is 37.3 Å². The SMILES string of the molecule is CC(C)n1nccc1C(=O)N[C@@H](C)Cn1cncn1. The first-order chi connectivity index (χ1) is 9.08. The van der Waals surface area contributed by atoms with Gasteiger partial charge < -0.3 is 5.32 Å². The molecular weight excluding hydrogens is 244 g/mol. The highest BCUT2D eigenvalue weighted by atomic mass is 16.2. The Morgan fingerprint density at radius 2 is 2.16 bits per heavy atom. The Morgan fingerprint density at radius 1 is 1.37 bits per heavy atom. The molecule has 0 spiro atoms. The van der Waals surface area contributed by atoms with Gasteiger partial charge in [-0.2, -0.15) is 10.2 Å². The Balaban J connectivity index is 1.98. The molecule has 0 aliphatic rings. The number of nitrogens with one attached hydrogen (secondary N) is 1. The number of carbonyl (C=O) groups is 1. The minimum Gasteiger partial charge on any atom is -0.346 e. The predicted molar refractivity (Wildman–Crippen MR) is 69.6 cm³/mol. The maximum Gasteiger partial charge on any atom is 0.269 e. The lowest BCUT2D eigenvalue weighted by atomic mass is 10.3. The summed E-state index contributed by atoms with van der Waals surface area (Å²) in [6.07, 6.45) is 4.74. The van der Waals surface area contributed by atoms with E-state index in [0.29, 0.717) is 12.2 Å². The summed E-state index contributed by atoms with van der Waals surface area (Å²) in [7, 11) is 0. The smallest absolute Gasteiger partial charge is 0.269 e. The lowest BCUT2D eigenvalue weighted by Gasteiger charge is -2.15. The van der Waals surface area contributed by atoms with Crippen LogP contribution in [0.4, 0.5) is 0 Å². The van der Waals surface area contributed by atoms with E-state index >= 15 is 0 Å². The topological polar surface area (TPSA) is 77.6 Å². The normalized spacial score (nSPS) is 12.6. The Bertz CT molecular complexity index is 530. The Morgan fingerprint density at radius 3 is 2.79 bits per heavy atom. The molecule has 2 aromatic heterocycles. The summed E-state index contributed by atoms with van der Waals surface area (Å²) < 4.78 is 3.39. The highest BCUT2D eigenvalue weighted by molar-refractivity contribution is 5.92. The third kappa shape index (κ3) is 3.18. The molecule has 102 valence electrons. The molecule has 1 amide bonds. The lowest BCUT2D eigenvalue weighted by molar-refractivity contribution is 0.0923. The average molecular weight is 262 g/mol. The molecule has 2 heterocycles. The molecule has 0 bridgehead atoms. The second-order valence-electron chi connectivity index (χ2n) is 4.75. The molecule has 0 saturated carbocycles. The minimum absolute atomic E-state index is 0.0373. The average Bonchev–Trinajstić information content (AvgIpc) is 2.97. The van der Waals surface area contributed by atoms with E-state index in [1.807, 2.05) is 20.8 Å². The maximum absolute atomic E-state index is 12.2. The highest BCUT2D eigenvalue weighted by Gasteiger charge is 2.16. The van der Waals surface area contributed by atoms with E-state index in [9.17, 15) is 4.79 Å². The van der Waals surface area contributed by atoms with Crippen molar-refractivity contribution in [3.8, 4) is 0 Å². The number of carbonyl (C=O) groups excluding carboxylic acids is 1. The first-order valence-electron chi connectivity index (χ1n) is 6.24. The van der Waals surface area contributed by atoms with Crippen molar-refractivity contribution in [1.82, 2.24) is 29.9 Å². The van der Waals surface area contributed by atoms with Gasteiger partial charge in [-0.1, -0.05) is 0 Å². The van der Waals surface area contributed by atoms with Crippen molar-refractivity contribution in [1.29, 1.82) is 0 Å². The van der Waals surface area contributed by atoms with Crippen molar-refractivity contribution < 1.29 is 4.79 Å². The monoisotopic (exact) mass is 262 g/mol. The fourth-order valence-corrected chi connectivity index (χ4v) is 1.86. The van der Waals surface area contributed by atoms with Crippen LogP contribution < -0.4 is 5.32 Å². The van der Waals surface area contributed by atoms with E-state index < -0.39 is 0 Å². The molecule has 1 atom stereocenters. The summed E-state index contributed by atoms with van der Waals surface area (Å²) >= 11 is 0. The van der Waals surface area contributed by atoms with Gasteiger partial charge in [-0.25, -0.2) is 4.98 Å². The van der Waals surface area contributed by atoms with E-state index in [0.717, 1.165) is 0 Å². The van der Waals surface area contributed by atoms with Crippen LogP contribution in [0.15, 0.2) is 24.9 Å². The van der Waals surface area contributed by atoms with Gasteiger partial charge in [-0.3, -0.25) is 14.2 Å². The first-order valence-corrected chi connectivity index (χ1v) is 6.24. The van der Waals surface area contributed by atoms with Crippen LogP contribution in [-0.2, 0) is 6.54 Å². The van der Waals surface area contributed by atoms with Gasteiger partial charge in [0.1, 0.15) is 18.3 Å². The second kappa shape index (κ2) is 5.64. The molecule has 1 N–H and O–H groups in total. The zero-order valence-electron chi connectivity index (χ0n) is 11.3. The molecule has 0 aliphatic carbocycles. The largest absolute Gasteiger partial charge is 0.346 e. The zero-order chi connectivity index (χ0) is 13.8. The minimum atomic E-state index is -0.126. The summed E-state index contributed by atoms with van der Waals surface area (Å²) in [5, 5.41) is 11.1. The highest BCUT2D eigenvalue weighted by Crippen LogP contribution is 2.08. The van der Waals surface area contributed by atoms with Crippen molar-refractivity contribution in [2.75, 3.05) is 0 Å². The molecule has 0 unspecified atom stereocenters. The third-order valence-corrected chi connectivity index (χ3v) is 2.70. The van der Waals surface area contributed by atoms with Crippen LogP contribution in [0.5, 0.6) is 0 Å². The van der Waals surface area contributed by atoms with Crippen molar-refractivity contribution in [3.63, 3.8) is 0 Å². The number of rotatable bonds is 5. The number of nitrogens with zero attached hydrogens (tertiary/aromatic N) is 5. The van der Waals surface area contributed by atoms with Crippen molar-refractivity contribution in [3.05, 3.63) is 30.6 Å². The fourth-order valence-electron chi connectivity index (χ4n) is 1.86. The van der Waals surface area contributed by atoms with E-state index in [4.69, 9.17) is 0 Å². The van der Waals surface area contributed by atoms with Gasteiger partial charge in [0.2, 0.25) is 0 Å². The van der Waals surface area contributed by atoms with Crippen molar-refractivity contribution in [2.24, 2.45) is 0 Å². The number of aromatic nitrogens is 5. The van der Waals surface area contributed by atoms with Gasteiger partial charge in [0, 0.05) is 18.3 Å². The molecule has 0 fully saturated rings. The Hall–Kier alpha value is -2.18. The van der Waals surface area contributed by atoms with Crippen LogP contribution in [0, 0.1) is 0 Å². The van der Waals surface area contributed by atoms with Crippen LogP contribution in [-0.4, -0.2) is 36.5 Å². The Kier molecular flexibility index (Phi) is 3.94. The molecule has 0 aliphatic heterocycles. The molecule has 0 saturated heterocycles. The summed E-state index contributed by atoms with van der Waals surface area (Å²) in [4.78, 5) is 16.0. The van der Waals surface area contributed by atoms with E-state index in [2.05, 4.69) is 20.5 Å². The quantitative estimate of drug-likeness (QED) is 0.867. The van der Waals surface area contributed by atoms with E-state index in [1.54, 1.807) is 28.0 Å². The molecule has 2 aromatic rings. The predicted octanol–water partition coefficient (Wildman–Crippen LogP) is 0.874. The zero-order valence-corrected chi connectivity index (χ0v) is 11.3. The van der Waals surface area contributed by atoms with E-state index in [1.165, 1.54) is 6.33 Å². The molecule has 2 rings (SSSR count). The fraction of sp³-hybridized carbons (Fsp3) is 0.500. The van der Waals surface area contributed by atoms with Crippen LogP contribution in [0.2, 0.25) is 0 Å². The summed E-state index contributed by atoms with van der Waals surface area (Å²) in [5.41, 5.74) is 0.570. The van der Waals surface area contributed by atoms with Gasteiger partial charge in [-0.15, -0.1) is 0 Å². The van der Waals surface area contributed by atoms with Crippen molar-refractivity contribution >= 4 is 5.91 Å². The maximum atomic E-state index is 12.2. The number of hydrogen-bond acceptors (Lipinski definition) is 4. The molecule has 19 heavy (non-hydrogen) atoms. The summed E-state index contributed by atoms with van der Waals surface area (Å²) in [6, 6.07) is 1.84. The Labute approximate surface area is 111 Å². The van der Waals surface area contributed by atoms with E-state index in [-0.39, 0.29) is 18.0 Å². The van der Waals surface area contributed by atoms with Gasteiger partial charge in [0.15, 0.2) is 0 Å². The molecule has 0 radical (unpaired) electrons. The van der Waals surface area contributed by atoms with Crippen molar-refractivity contribution in [2.45, 2.75) is 39.4 Å². The standard InChI is InChI=1S/C12H18N6O/c1-9(2)18-11(4-5-14-18)12(19)16-10(3)6-17-8-13-7-15-17/h4-5,7-10H,6H2,1-3H3,(H,16,19)/t10-/m0/s1. The lowest BCUT2D eigenvalue weighted by Crippen LogP contribution is -2.37. The van der Waals surface area contributed by atoms with Crippen LogP contribution >= 0.6 is 0 Å². The van der Waals surface area contributed by atoms with Gasteiger partial charge in [0.25, 0.3) is 5.91 Å². The second-order valence-corrected chi connectivity index (χ2v) is 4.75. The molecular formula is C12H18N6O. The molecule has 0 aromatic carbocycles. The molecule has 7 heteroatoms. The summed E-state index contributed by atoms with van der Waals surface area (Å²) in [6.45, 7) is 6.49. The first kappa shape index (κ1) is 13.3. The third-order valence-electron chi connectivity index (χ3n) is 2.70. The van der Waals surface area contributed by atoms with Gasteiger partial charge in [-0.05, 0) is 26.8 Å². The van der Waals surface area contributed by atoms with Crippen LogP contribution in [0.25, 0.3) is 0 Å². The number of hydrogen-bond donors (Lipinski definition) is 1. The van der Waals surface area contributed by atoms with Gasteiger partial charge in [0.05, 0.1) is 6.54 Å².